The maximum Gasteiger partial charge on any atom is 0.147 e. The largest absolute Gasteiger partial charge is 0.496 e. The Kier molecular flexibility index (Phi) is 4.34. The van der Waals surface area contributed by atoms with E-state index in [0.717, 1.165) is 16.8 Å². The number of hydrogen-bond donors (Lipinski definition) is 1. The molecule has 6 heteroatoms. The predicted molar refractivity (Wildman–Crippen MR) is 90.6 cm³/mol. The molecule has 122 valence electrons. The van der Waals surface area contributed by atoms with Gasteiger partial charge in [-0.15, -0.1) is 0 Å². The number of aromatic nitrogens is 2. The van der Waals surface area contributed by atoms with Gasteiger partial charge in [0.25, 0.3) is 0 Å². The lowest BCUT2D eigenvalue weighted by molar-refractivity contribution is 0.419. The van der Waals surface area contributed by atoms with Crippen LogP contribution in [0.1, 0.15) is 11.4 Å². The van der Waals surface area contributed by atoms with Gasteiger partial charge in [0.2, 0.25) is 0 Å². The maximum absolute atomic E-state index is 14.3. The number of aryl methyl sites for hydroxylation is 1. The Balaban J connectivity index is 1.83. The van der Waals surface area contributed by atoms with E-state index in [4.69, 9.17) is 10.00 Å². The summed E-state index contributed by atoms with van der Waals surface area (Å²) in [7, 11) is 1.58. The summed E-state index contributed by atoms with van der Waals surface area (Å²) in [6, 6.07) is 10.5. The van der Waals surface area contributed by atoms with Crippen molar-refractivity contribution < 1.29 is 9.13 Å². The Labute approximate surface area is 139 Å². The molecule has 24 heavy (non-hydrogen) atoms. The van der Waals surface area contributed by atoms with Gasteiger partial charge in [0.1, 0.15) is 23.3 Å². The number of ether oxygens (including phenoxy) is 1. The van der Waals surface area contributed by atoms with Crippen molar-refractivity contribution in [1.29, 1.82) is 5.26 Å². The molecule has 2 heterocycles. The normalized spacial score (nSPS) is 10.6. The van der Waals surface area contributed by atoms with E-state index in [1.165, 1.54) is 6.07 Å². The monoisotopic (exact) mass is 324 g/mol. The second-order valence-corrected chi connectivity index (χ2v) is 5.42. The number of rotatable bonds is 5. The first kappa shape index (κ1) is 15.8. The average Bonchev–Trinajstić information content (AvgIpc) is 2.93. The molecular weight excluding hydrogens is 307 g/mol. The first-order valence-corrected chi connectivity index (χ1v) is 7.56. The molecule has 0 bridgehead atoms. The van der Waals surface area contributed by atoms with Gasteiger partial charge in [0.15, 0.2) is 0 Å². The molecule has 0 fully saturated rings. The molecule has 1 N–H and O–H groups in total. The molecule has 0 amide bonds. The standard InChI is InChI=1S/C18H17FN4O/c1-12-9-15-17(24-2)4-3-16(19)18(15)23(12)8-7-22-13-5-6-21-14(10-13)11-20/h3-6,9-10H,7-8H2,1-2H3,(H,21,22). The van der Waals surface area contributed by atoms with Crippen molar-refractivity contribution in [1.82, 2.24) is 9.55 Å². The van der Waals surface area contributed by atoms with Gasteiger partial charge in [-0.3, -0.25) is 0 Å². The van der Waals surface area contributed by atoms with Gasteiger partial charge in [-0.05, 0) is 37.3 Å². The number of nitrogens with zero attached hydrogens (tertiary/aromatic N) is 3. The number of pyridine rings is 1. The van der Waals surface area contributed by atoms with Gasteiger partial charge < -0.3 is 14.6 Å². The molecule has 0 aliphatic rings. The van der Waals surface area contributed by atoms with Crippen molar-refractivity contribution in [3.63, 3.8) is 0 Å². The van der Waals surface area contributed by atoms with Crippen LogP contribution in [0.25, 0.3) is 10.9 Å². The zero-order valence-electron chi connectivity index (χ0n) is 13.5. The first-order chi connectivity index (χ1) is 11.6. The highest BCUT2D eigenvalue weighted by atomic mass is 19.1. The minimum Gasteiger partial charge on any atom is -0.496 e. The van der Waals surface area contributed by atoms with Crippen molar-refractivity contribution in [2.45, 2.75) is 13.5 Å². The van der Waals surface area contributed by atoms with E-state index >= 15 is 0 Å². The van der Waals surface area contributed by atoms with Crippen LogP contribution in [0.4, 0.5) is 10.1 Å². The number of nitrogens with one attached hydrogen (secondary N) is 1. The molecule has 0 saturated carbocycles. The molecule has 1 aromatic carbocycles. The number of hydrogen-bond acceptors (Lipinski definition) is 4. The Hall–Kier alpha value is -3.07. The van der Waals surface area contributed by atoms with Crippen LogP contribution < -0.4 is 10.1 Å². The molecule has 0 aliphatic carbocycles. The SMILES string of the molecule is COc1ccc(F)c2c1cc(C)n2CCNc1ccnc(C#N)c1. The van der Waals surface area contributed by atoms with E-state index in [-0.39, 0.29) is 5.82 Å². The smallest absolute Gasteiger partial charge is 0.147 e. The van der Waals surface area contributed by atoms with Gasteiger partial charge in [-0.2, -0.15) is 5.26 Å². The fourth-order valence-corrected chi connectivity index (χ4v) is 2.82. The van der Waals surface area contributed by atoms with Crippen molar-refractivity contribution in [3.05, 3.63) is 53.7 Å². The lowest BCUT2D eigenvalue weighted by atomic mass is 10.2. The number of methoxy groups -OCH3 is 1. The van der Waals surface area contributed by atoms with E-state index < -0.39 is 0 Å². The molecule has 0 atom stereocenters. The van der Waals surface area contributed by atoms with Crippen molar-refractivity contribution >= 4 is 16.6 Å². The van der Waals surface area contributed by atoms with Crippen LogP contribution in [0.2, 0.25) is 0 Å². The Bertz CT molecular complexity index is 927. The zero-order valence-corrected chi connectivity index (χ0v) is 13.5. The quantitative estimate of drug-likeness (QED) is 0.780. The van der Waals surface area contributed by atoms with Crippen LogP contribution in [0.15, 0.2) is 36.5 Å². The molecule has 0 radical (unpaired) electrons. The topological polar surface area (TPSA) is 62.9 Å². The maximum atomic E-state index is 14.3. The van der Waals surface area contributed by atoms with E-state index in [1.807, 2.05) is 23.6 Å². The number of anilines is 1. The van der Waals surface area contributed by atoms with E-state index in [9.17, 15) is 4.39 Å². The van der Waals surface area contributed by atoms with Gasteiger partial charge in [0, 0.05) is 36.1 Å². The first-order valence-electron chi connectivity index (χ1n) is 7.56. The summed E-state index contributed by atoms with van der Waals surface area (Å²) in [5.41, 5.74) is 2.68. The number of halogens is 1. The van der Waals surface area contributed by atoms with Crippen molar-refractivity contribution in [2.24, 2.45) is 0 Å². The highest BCUT2D eigenvalue weighted by molar-refractivity contribution is 5.88. The molecule has 0 aliphatic heterocycles. The van der Waals surface area contributed by atoms with Crippen LogP contribution in [0.3, 0.4) is 0 Å². The summed E-state index contributed by atoms with van der Waals surface area (Å²) in [6.45, 7) is 3.12. The molecule has 3 aromatic rings. The van der Waals surface area contributed by atoms with E-state index in [0.29, 0.717) is 30.0 Å². The third-order valence-electron chi connectivity index (χ3n) is 3.94. The predicted octanol–water partition coefficient (Wildman–Crippen LogP) is 3.48. The summed E-state index contributed by atoms with van der Waals surface area (Å²) < 4.78 is 21.5. The molecular formula is C18H17FN4O. The third kappa shape index (κ3) is 2.88. The molecule has 5 nitrogen and oxygen atoms in total. The number of fused-ring (bicyclic) bond motifs is 1. The Morgan fingerprint density at radius 3 is 2.92 bits per heavy atom. The molecule has 0 spiro atoms. The fourth-order valence-electron chi connectivity index (χ4n) is 2.82. The molecule has 2 aromatic heterocycles. The molecule has 0 unspecified atom stereocenters. The van der Waals surface area contributed by atoms with Gasteiger partial charge in [-0.1, -0.05) is 0 Å². The minimum absolute atomic E-state index is 0.269. The summed E-state index contributed by atoms with van der Waals surface area (Å²) in [5.74, 6) is 0.392. The summed E-state index contributed by atoms with van der Waals surface area (Å²) in [5, 5.41) is 12.9. The van der Waals surface area contributed by atoms with Crippen LogP contribution in [0, 0.1) is 24.1 Å². The second kappa shape index (κ2) is 6.59. The van der Waals surface area contributed by atoms with Crippen LogP contribution in [-0.4, -0.2) is 23.2 Å². The van der Waals surface area contributed by atoms with Gasteiger partial charge >= 0.3 is 0 Å². The second-order valence-electron chi connectivity index (χ2n) is 5.42. The van der Waals surface area contributed by atoms with Crippen LogP contribution >= 0.6 is 0 Å². The minimum atomic E-state index is -0.269. The number of nitriles is 1. The van der Waals surface area contributed by atoms with Crippen LogP contribution in [0.5, 0.6) is 5.75 Å². The summed E-state index contributed by atoms with van der Waals surface area (Å²) >= 11 is 0. The average molecular weight is 324 g/mol. The molecule has 0 saturated heterocycles. The third-order valence-corrected chi connectivity index (χ3v) is 3.94. The van der Waals surface area contributed by atoms with Crippen molar-refractivity contribution in [3.8, 4) is 11.8 Å². The van der Waals surface area contributed by atoms with E-state index in [2.05, 4.69) is 10.3 Å². The summed E-state index contributed by atoms with van der Waals surface area (Å²) in [4.78, 5) is 3.93. The lowest BCUT2D eigenvalue weighted by Crippen LogP contribution is -2.12. The lowest BCUT2D eigenvalue weighted by Gasteiger charge is -2.11. The summed E-state index contributed by atoms with van der Waals surface area (Å²) in [6.07, 6.45) is 1.59. The van der Waals surface area contributed by atoms with E-state index in [1.54, 1.807) is 31.5 Å². The van der Waals surface area contributed by atoms with Crippen LogP contribution in [-0.2, 0) is 6.54 Å². The highest BCUT2D eigenvalue weighted by Gasteiger charge is 2.14. The fraction of sp³-hybridized carbons (Fsp3) is 0.222. The Morgan fingerprint density at radius 2 is 2.17 bits per heavy atom. The molecule has 3 rings (SSSR count). The highest BCUT2D eigenvalue weighted by Crippen LogP contribution is 2.30. The van der Waals surface area contributed by atoms with Crippen molar-refractivity contribution in [2.75, 3.05) is 19.0 Å². The van der Waals surface area contributed by atoms with Gasteiger partial charge in [-0.25, -0.2) is 9.37 Å². The van der Waals surface area contributed by atoms with Gasteiger partial charge in [0.05, 0.1) is 12.6 Å². The zero-order chi connectivity index (χ0) is 17.1. The Morgan fingerprint density at radius 1 is 1.33 bits per heavy atom. The number of benzene rings is 1.